The first-order valence-corrected chi connectivity index (χ1v) is 5.87. The molecule has 0 aliphatic heterocycles. The molecule has 0 spiro atoms. The minimum absolute atomic E-state index is 0.115. The standard InChI is InChI=1S/C14H15NO4/c1-8-4-9(2)10(3)13(5-8)18-7-11-6-12(14(16)17)15-19-11/h4-6H,7H2,1-3H3,(H,16,17). The summed E-state index contributed by atoms with van der Waals surface area (Å²) in [6.07, 6.45) is 0. The van der Waals surface area contributed by atoms with Crippen LogP contribution in [0.5, 0.6) is 5.75 Å². The van der Waals surface area contributed by atoms with Crippen molar-refractivity contribution in [1.82, 2.24) is 5.16 Å². The van der Waals surface area contributed by atoms with Gasteiger partial charge in [-0.2, -0.15) is 0 Å². The number of aryl methyl sites for hydroxylation is 2. The molecular weight excluding hydrogens is 246 g/mol. The summed E-state index contributed by atoms with van der Waals surface area (Å²) in [5.41, 5.74) is 3.21. The van der Waals surface area contributed by atoms with Crippen LogP contribution in [0.25, 0.3) is 0 Å². The van der Waals surface area contributed by atoms with Gasteiger partial charge in [0.05, 0.1) is 0 Å². The average molecular weight is 261 g/mol. The van der Waals surface area contributed by atoms with Gasteiger partial charge in [0.25, 0.3) is 0 Å². The molecule has 0 radical (unpaired) electrons. The number of ether oxygens (including phenoxy) is 1. The first-order chi connectivity index (χ1) is 8.97. The van der Waals surface area contributed by atoms with Crippen molar-refractivity contribution in [3.8, 4) is 5.75 Å². The lowest BCUT2D eigenvalue weighted by Gasteiger charge is -2.11. The maximum atomic E-state index is 10.7. The van der Waals surface area contributed by atoms with Crippen molar-refractivity contribution in [2.24, 2.45) is 0 Å². The summed E-state index contributed by atoms with van der Waals surface area (Å²) in [6.45, 7) is 6.15. The lowest BCUT2D eigenvalue weighted by molar-refractivity contribution is 0.0685. The Morgan fingerprint density at radius 1 is 1.32 bits per heavy atom. The number of aromatic carboxylic acids is 1. The zero-order chi connectivity index (χ0) is 14.0. The SMILES string of the molecule is Cc1cc(C)c(C)c(OCc2cc(C(=O)O)no2)c1. The Bertz CT molecular complexity index is 616. The monoisotopic (exact) mass is 261 g/mol. The third-order valence-corrected chi connectivity index (χ3v) is 2.91. The minimum atomic E-state index is -1.11. The van der Waals surface area contributed by atoms with Gasteiger partial charge in [-0.1, -0.05) is 11.2 Å². The molecule has 0 amide bonds. The van der Waals surface area contributed by atoms with Crippen LogP contribution in [0.4, 0.5) is 0 Å². The molecule has 0 fully saturated rings. The summed E-state index contributed by atoms with van der Waals surface area (Å²) < 4.78 is 10.5. The van der Waals surface area contributed by atoms with E-state index in [4.69, 9.17) is 14.4 Å². The first kappa shape index (κ1) is 13.1. The normalized spacial score (nSPS) is 10.5. The number of aromatic nitrogens is 1. The quantitative estimate of drug-likeness (QED) is 0.916. The van der Waals surface area contributed by atoms with Gasteiger partial charge in [0.15, 0.2) is 11.5 Å². The minimum Gasteiger partial charge on any atom is -0.485 e. The van der Waals surface area contributed by atoms with E-state index in [9.17, 15) is 4.79 Å². The Labute approximate surface area is 110 Å². The van der Waals surface area contributed by atoms with E-state index in [1.807, 2.05) is 26.8 Å². The summed E-state index contributed by atoms with van der Waals surface area (Å²) in [5, 5.41) is 12.2. The van der Waals surface area contributed by atoms with Crippen molar-refractivity contribution >= 4 is 5.97 Å². The predicted molar refractivity (Wildman–Crippen MR) is 68.4 cm³/mol. The van der Waals surface area contributed by atoms with Gasteiger partial charge >= 0.3 is 5.97 Å². The van der Waals surface area contributed by atoms with Crippen LogP contribution >= 0.6 is 0 Å². The topological polar surface area (TPSA) is 72.6 Å². The molecule has 2 aromatic rings. The Morgan fingerprint density at radius 2 is 2.05 bits per heavy atom. The number of hydrogen-bond donors (Lipinski definition) is 1. The van der Waals surface area contributed by atoms with Crippen molar-refractivity contribution in [2.45, 2.75) is 27.4 Å². The number of rotatable bonds is 4. The Kier molecular flexibility index (Phi) is 3.55. The molecule has 19 heavy (non-hydrogen) atoms. The molecule has 5 nitrogen and oxygen atoms in total. The van der Waals surface area contributed by atoms with E-state index in [0.717, 1.165) is 22.4 Å². The van der Waals surface area contributed by atoms with Crippen LogP contribution in [-0.2, 0) is 6.61 Å². The van der Waals surface area contributed by atoms with Crippen molar-refractivity contribution in [1.29, 1.82) is 0 Å². The highest BCUT2D eigenvalue weighted by atomic mass is 16.5. The van der Waals surface area contributed by atoms with Crippen molar-refractivity contribution in [2.75, 3.05) is 0 Å². The van der Waals surface area contributed by atoms with Crippen LogP contribution in [-0.4, -0.2) is 16.2 Å². The van der Waals surface area contributed by atoms with Gasteiger partial charge in [-0.05, 0) is 43.5 Å². The Morgan fingerprint density at radius 3 is 2.68 bits per heavy atom. The maximum Gasteiger partial charge on any atom is 0.358 e. The van der Waals surface area contributed by atoms with Crippen molar-refractivity contribution < 1.29 is 19.2 Å². The molecule has 0 saturated carbocycles. The van der Waals surface area contributed by atoms with Gasteiger partial charge in [0.1, 0.15) is 12.4 Å². The molecule has 0 atom stereocenters. The second kappa shape index (κ2) is 5.14. The predicted octanol–water partition coefficient (Wildman–Crippen LogP) is 2.88. The maximum absolute atomic E-state index is 10.7. The summed E-state index contributed by atoms with van der Waals surface area (Å²) >= 11 is 0. The van der Waals surface area contributed by atoms with Crippen LogP contribution in [0.3, 0.4) is 0 Å². The average Bonchev–Trinajstić information content (AvgIpc) is 2.81. The second-order valence-corrected chi connectivity index (χ2v) is 4.48. The van der Waals surface area contributed by atoms with Gasteiger partial charge in [0, 0.05) is 6.07 Å². The molecule has 1 aromatic heterocycles. The van der Waals surface area contributed by atoms with Crippen LogP contribution < -0.4 is 4.74 Å². The fourth-order valence-electron chi connectivity index (χ4n) is 1.78. The molecule has 0 unspecified atom stereocenters. The molecule has 2 rings (SSSR count). The fraction of sp³-hybridized carbons (Fsp3) is 0.286. The van der Waals surface area contributed by atoms with E-state index >= 15 is 0 Å². The molecular formula is C14H15NO4. The molecule has 1 N–H and O–H groups in total. The highest BCUT2D eigenvalue weighted by molar-refractivity contribution is 5.85. The van der Waals surface area contributed by atoms with E-state index in [-0.39, 0.29) is 12.3 Å². The van der Waals surface area contributed by atoms with Gasteiger partial charge in [0.2, 0.25) is 0 Å². The summed E-state index contributed by atoms with van der Waals surface area (Å²) in [6, 6.07) is 5.39. The molecule has 0 aliphatic carbocycles. The van der Waals surface area contributed by atoms with Crippen molar-refractivity contribution in [3.05, 3.63) is 46.3 Å². The van der Waals surface area contributed by atoms with E-state index in [0.29, 0.717) is 5.76 Å². The van der Waals surface area contributed by atoms with Crippen LogP contribution in [0, 0.1) is 20.8 Å². The number of carboxylic acid groups (broad SMARTS) is 1. The summed E-state index contributed by atoms with van der Waals surface area (Å²) in [7, 11) is 0. The largest absolute Gasteiger partial charge is 0.485 e. The summed E-state index contributed by atoms with van der Waals surface area (Å²) in [4.78, 5) is 10.7. The van der Waals surface area contributed by atoms with Crippen LogP contribution in [0.15, 0.2) is 22.7 Å². The lowest BCUT2D eigenvalue weighted by Crippen LogP contribution is -1.98. The highest BCUT2D eigenvalue weighted by Gasteiger charge is 2.12. The molecule has 5 heteroatoms. The Hall–Kier alpha value is -2.30. The highest BCUT2D eigenvalue weighted by Crippen LogP contribution is 2.24. The number of hydrogen-bond acceptors (Lipinski definition) is 4. The van der Waals surface area contributed by atoms with Gasteiger partial charge in [-0.15, -0.1) is 0 Å². The fourth-order valence-corrected chi connectivity index (χ4v) is 1.78. The third kappa shape index (κ3) is 2.93. The lowest BCUT2D eigenvalue weighted by atomic mass is 10.1. The van der Waals surface area contributed by atoms with Gasteiger partial charge < -0.3 is 14.4 Å². The van der Waals surface area contributed by atoms with Crippen molar-refractivity contribution in [3.63, 3.8) is 0 Å². The van der Waals surface area contributed by atoms with Crippen LogP contribution in [0.2, 0.25) is 0 Å². The second-order valence-electron chi connectivity index (χ2n) is 4.48. The molecule has 1 heterocycles. The molecule has 0 bridgehead atoms. The van der Waals surface area contributed by atoms with E-state index in [1.165, 1.54) is 6.07 Å². The molecule has 1 aromatic carbocycles. The van der Waals surface area contributed by atoms with Gasteiger partial charge in [-0.3, -0.25) is 0 Å². The molecule has 0 saturated heterocycles. The third-order valence-electron chi connectivity index (χ3n) is 2.91. The number of carbonyl (C=O) groups is 1. The number of benzene rings is 1. The zero-order valence-corrected chi connectivity index (χ0v) is 11.1. The number of carboxylic acids is 1. The zero-order valence-electron chi connectivity index (χ0n) is 11.1. The summed E-state index contributed by atoms with van der Waals surface area (Å²) in [5.74, 6) is 0.0410. The van der Waals surface area contributed by atoms with E-state index < -0.39 is 5.97 Å². The van der Waals surface area contributed by atoms with Gasteiger partial charge in [-0.25, -0.2) is 4.79 Å². The first-order valence-electron chi connectivity index (χ1n) is 5.87. The Balaban J connectivity index is 2.12. The number of nitrogens with zero attached hydrogens (tertiary/aromatic N) is 1. The van der Waals surface area contributed by atoms with Crippen LogP contribution in [0.1, 0.15) is 32.9 Å². The van der Waals surface area contributed by atoms with E-state index in [1.54, 1.807) is 0 Å². The molecule has 0 aliphatic rings. The van der Waals surface area contributed by atoms with E-state index in [2.05, 4.69) is 11.2 Å². The smallest absolute Gasteiger partial charge is 0.358 e. The molecule has 100 valence electrons.